The van der Waals surface area contributed by atoms with Gasteiger partial charge in [-0.2, -0.15) is 0 Å². The van der Waals surface area contributed by atoms with Crippen LogP contribution in [-0.4, -0.2) is 29.4 Å². The summed E-state index contributed by atoms with van der Waals surface area (Å²) in [6, 6.07) is 10.2. The number of amides is 3. The minimum Gasteiger partial charge on any atom is -0.349 e. The lowest BCUT2D eigenvalue weighted by Gasteiger charge is -2.24. The van der Waals surface area contributed by atoms with Gasteiger partial charge in [0.1, 0.15) is 6.04 Å². The van der Waals surface area contributed by atoms with E-state index < -0.39 is 6.04 Å². The predicted molar refractivity (Wildman–Crippen MR) is 96.4 cm³/mol. The van der Waals surface area contributed by atoms with Crippen molar-refractivity contribution in [3.63, 3.8) is 0 Å². The summed E-state index contributed by atoms with van der Waals surface area (Å²) in [7, 11) is 0. The molecule has 2 N–H and O–H groups in total. The van der Waals surface area contributed by atoms with Gasteiger partial charge in [0.05, 0.1) is 6.54 Å². The maximum Gasteiger partial charge on any atom is 0.322 e. The Hall–Kier alpha value is -2.05. The highest BCUT2D eigenvalue weighted by Crippen LogP contribution is 2.20. The smallest absolute Gasteiger partial charge is 0.322 e. The summed E-state index contributed by atoms with van der Waals surface area (Å²) in [5, 5.41) is 8.32. The number of nitrogens with zero attached hydrogens (tertiary/aromatic N) is 1. The molecule has 1 saturated heterocycles. The van der Waals surface area contributed by atoms with Crippen LogP contribution < -0.4 is 10.6 Å². The number of carbonyl (C=O) groups is 2. The van der Waals surface area contributed by atoms with Crippen molar-refractivity contribution in [2.45, 2.75) is 25.4 Å². The molecule has 1 aliphatic heterocycles. The van der Waals surface area contributed by atoms with Gasteiger partial charge in [0.2, 0.25) is 5.91 Å². The van der Waals surface area contributed by atoms with Gasteiger partial charge in [0.15, 0.2) is 0 Å². The molecule has 1 aromatic heterocycles. The Kier molecular flexibility index (Phi) is 5.37. The number of benzene rings is 1. The highest BCUT2D eigenvalue weighted by molar-refractivity contribution is 7.09. The molecule has 1 aliphatic rings. The first-order chi connectivity index (χ1) is 11.6. The average Bonchev–Trinajstić information content (AvgIpc) is 3.26. The lowest BCUT2D eigenvalue weighted by molar-refractivity contribution is -0.124. The summed E-state index contributed by atoms with van der Waals surface area (Å²) in [6.07, 6.45) is 1.51. The first-order valence-corrected chi connectivity index (χ1v) is 9.02. The topological polar surface area (TPSA) is 61.4 Å². The molecule has 0 unspecified atom stereocenters. The Morgan fingerprint density at radius 1 is 1.25 bits per heavy atom. The lowest BCUT2D eigenvalue weighted by atomic mass is 10.2. The van der Waals surface area contributed by atoms with Gasteiger partial charge in [-0.1, -0.05) is 17.7 Å². The second-order valence-corrected chi connectivity index (χ2v) is 7.05. The summed E-state index contributed by atoms with van der Waals surface area (Å²) in [4.78, 5) is 27.5. The Bertz CT molecular complexity index is 703. The molecule has 1 atom stereocenters. The molecule has 2 heterocycles. The maximum absolute atomic E-state index is 12.5. The molecule has 3 rings (SSSR count). The van der Waals surface area contributed by atoms with Crippen LogP contribution in [0.4, 0.5) is 10.5 Å². The van der Waals surface area contributed by atoms with E-state index in [-0.39, 0.29) is 11.9 Å². The van der Waals surface area contributed by atoms with Crippen LogP contribution in [0.2, 0.25) is 5.02 Å². The fourth-order valence-corrected chi connectivity index (χ4v) is 3.49. The Labute approximate surface area is 149 Å². The fourth-order valence-electron chi connectivity index (χ4n) is 2.72. The van der Waals surface area contributed by atoms with E-state index in [1.54, 1.807) is 40.5 Å². The third-order valence-electron chi connectivity index (χ3n) is 3.93. The lowest BCUT2D eigenvalue weighted by Crippen LogP contribution is -2.47. The predicted octanol–water partition coefficient (Wildman–Crippen LogP) is 3.71. The molecule has 24 heavy (non-hydrogen) atoms. The van der Waals surface area contributed by atoms with Crippen molar-refractivity contribution >= 4 is 40.6 Å². The van der Waals surface area contributed by atoms with Crippen LogP contribution >= 0.6 is 22.9 Å². The van der Waals surface area contributed by atoms with Gasteiger partial charge >= 0.3 is 6.03 Å². The summed E-state index contributed by atoms with van der Waals surface area (Å²) in [6.45, 7) is 1.08. The molecule has 1 aromatic carbocycles. The van der Waals surface area contributed by atoms with Gasteiger partial charge in [-0.3, -0.25) is 4.79 Å². The van der Waals surface area contributed by atoms with Crippen molar-refractivity contribution in [1.82, 2.24) is 10.2 Å². The van der Waals surface area contributed by atoms with E-state index in [2.05, 4.69) is 10.6 Å². The second kappa shape index (κ2) is 7.68. The number of anilines is 1. The molecular formula is C17H18ClN3O2S. The zero-order valence-electron chi connectivity index (χ0n) is 13.0. The molecule has 0 saturated carbocycles. The van der Waals surface area contributed by atoms with Crippen molar-refractivity contribution in [1.29, 1.82) is 0 Å². The number of hydrogen-bond acceptors (Lipinski definition) is 3. The number of nitrogens with one attached hydrogen (secondary N) is 2. The first-order valence-electron chi connectivity index (χ1n) is 7.77. The zero-order chi connectivity index (χ0) is 16.9. The van der Waals surface area contributed by atoms with Crippen LogP contribution in [0.1, 0.15) is 17.7 Å². The van der Waals surface area contributed by atoms with E-state index in [4.69, 9.17) is 11.6 Å². The SMILES string of the molecule is O=C(NCc1cccs1)[C@H]1CCCN1C(=O)Nc1ccc(Cl)cc1. The van der Waals surface area contributed by atoms with Crippen LogP contribution in [0.25, 0.3) is 0 Å². The second-order valence-electron chi connectivity index (χ2n) is 5.59. The van der Waals surface area contributed by atoms with E-state index in [1.165, 1.54) is 0 Å². The third-order valence-corrected chi connectivity index (χ3v) is 5.06. The third kappa shape index (κ3) is 4.07. The van der Waals surface area contributed by atoms with Crippen LogP contribution in [0, 0.1) is 0 Å². The molecule has 1 fully saturated rings. The van der Waals surface area contributed by atoms with Gasteiger partial charge in [-0.15, -0.1) is 11.3 Å². The van der Waals surface area contributed by atoms with E-state index in [0.29, 0.717) is 30.2 Å². The maximum atomic E-state index is 12.5. The monoisotopic (exact) mass is 363 g/mol. The van der Waals surface area contributed by atoms with Crippen LogP contribution in [0.3, 0.4) is 0 Å². The number of hydrogen-bond donors (Lipinski definition) is 2. The first kappa shape index (κ1) is 16.8. The number of halogens is 1. The molecule has 7 heteroatoms. The molecule has 0 bridgehead atoms. The van der Waals surface area contributed by atoms with E-state index in [0.717, 1.165) is 11.3 Å². The summed E-state index contributed by atoms with van der Waals surface area (Å²) >= 11 is 7.44. The van der Waals surface area contributed by atoms with Crippen LogP contribution in [0.5, 0.6) is 0 Å². The molecular weight excluding hydrogens is 346 g/mol. The van der Waals surface area contributed by atoms with Gasteiger partial charge in [-0.25, -0.2) is 4.79 Å². The number of urea groups is 1. The summed E-state index contributed by atoms with van der Waals surface area (Å²) in [5.74, 6) is -0.104. The van der Waals surface area contributed by atoms with Gasteiger partial charge in [-0.05, 0) is 48.6 Å². The van der Waals surface area contributed by atoms with E-state index in [9.17, 15) is 9.59 Å². The molecule has 3 amide bonds. The number of rotatable bonds is 4. The van der Waals surface area contributed by atoms with E-state index in [1.807, 2.05) is 17.5 Å². The molecule has 0 aliphatic carbocycles. The molecule has 0 spiro atoms. The minimum atomic E-state index is -0.419. The molecule has 2 aromatic rings. The van der Waals surface area contributed by atoms with Crippen LogP contribution in [0.15, 0.2) is 41.8 Å². The molecule has 0 radical (unpaired) electrons. The highest BCUT2D eigenvalue weighted by Gasteiger charge is 2.34. The highest BCUT2D eigenvalue weighted by atomic mass is 35.5. The van der Waals surface area contributed by atoms with Crippen molar-refractivity contribution in [2.75, 3.05) is 11.9 Å². The standard InChI is InChI=1S/C17H18ClN3O2S/c18-12-5-7-13(8-6-12)20-17(23)21-9-1-4-15(21)16(22)19-11-14-3-2-10-24-14/h2-3,5-8,10,15H,1,4,9,11H2,(H,19,22)(H,20,23)/t15-/m1/s1. The minimum absolute atomic E-state index is 0.104. The summed E-state index contributed by atoms with van der Waals surface area (Å²) in [5.41, 5.74) is 0.661. The van der Waals surface area contributed by atoms with Gasteiger partial charge < -0.3 is 15.5 Å². The van der Waals surface area contributed by atoms with Crippen molar-refractivity contribution in [2.24, 2.45) is 0 Å². The van der Waals surface area contributed by atoms with Crippen molar-refractivity contribution in [3.8, 4) is 0 Å². The normalized spacial score (nSPS) is 16.9. The number of carbonyl (C=O) groups excluding carboxylic acids is 2. The molecule has 5 nitrogen and oxygen atoms in total. The van der Waals surface area contributed by atoms with Crippen LogP contribution in [-0.2, 0) is 11.3 Å². The largest absolute Gasteiger partial charge is 0.349 e. The Morgan fingerprint density at radius 3 is 2.75 bits per heavy atom. The average molecular weight is 364 g/mol. The number of likely N-dealkylation sites (tertiary alicyclic amines) is 1. The fraction of sp³-hybridized carbons (Fsp3) is 0.294. The number of thiophene rings is 1. The Morgan fingerprint density at radius 2 is 2.04 bits per heavy atom. The Balaban J connectivity index is 1.58. The molecule has 126 valence electrons. The van der Waals surface area contributed by atoms with E-state index >= 15 is 0 Å². The summed E-state index contributed by atoms with van der Waals surface area (Å²) < 4.78 is 0. The van der Waals surface area contributed by atoms with Crippen molar-refractivity contribution in [3.05, 3.63) is 51.7 Å². The van der Waals surface area contributed by atoms with Gasteiger partial charge in [0, 0.05) is 22.1 Å². The zero-order valence-corrected chi connectivity index (χ0v) is 14.6. The quantitative estimate of drug-likeness (QED) is 0.869. The van der Waals surface area contributed by atoms with Gasteiger partial charge in [0.25, 0.3) is 0 Å². The van der Waals surface area contributed by atoms with Crippen molar-refractivity contribution < 1.29 is 9.59 Å².